The second-order valence-corrected chi connectivity index (χ2v) is 8.93. The van der Waals surface area contributed by atoms with Crippen molar-refractivity contribution in [3.63, 3.8) is 0 Å². The van der Waals surface area contributed by atoms with E-state index in [-0.39, 0.29) is 12.3 Å². The number of rotatable bonds is 18. The van der Waals surface area contributed by atoms with Gasteiger partial charge in [-0.05, 0) is 30.4 Å². The lowest BCUT2D eigenvalue weighted by Gasteiger charge is -2.15. The van der Waals surface area contributed by atoms with E-state index in [0.717, 1.165) is 35.7 Å². The Morgan fingerprint density at radius 1 is 0.938 bits per heavy atom. The quantitative estimate of drug-likeness (QED) is 0.159. The van der Waals surface area contributed by atoms with E-state index in [1.165, 1.54) is 64.2 Å². The van der Waals surface area contributed by atoms with Crippen molar-refractivity contribution < 1.29 is 15.0 Å². The van der Waals surface area contributed by atoms with Gasteiger partial charge >= 0.3 is 5.97 Å². The van der Waals surface area contributed by atoms with Crippen LogP contribution < -0.4 is 5.11 Å². The lowest BCUT2D eigenvalue weighted by atomic mass is 10.0. The van der Waals surface area contributed by atoms with Gasteiger partial charge < -0.3 is 15.2 Å². The number of unbranched alkanes of at least 4 members (excludes halogenated alkanes) is 12. The Morgan fingerprint density at radius 3 is 2.09 bits per heavy atom. The maximum Gasteiger partial charge on any atom is 0.328 e. The minimum Gasteiger partial charge on any atom is -0.862 e. The molecule has 0 unspecified atom stereocenters. The summed E-state index contributed by atoms with van der Waals surface area (Å²) in [5, 5.41) is 22.7. The SMILES string of the molecule is CCCCCCCCCCCCCCCC([O-])=N[C@@H](Cc1c[nH]c2ccccc12)C(=O)O. The number of carboxylic acid groups (broad SMARTS) is 1. The second kappa shape index (κ2) is 15.5. The first-order valence-corrected chi connectivity index (χ1v) is 12.6. The Balaban J connectivity index is 1.59. The van der Waals surface area contributed by atoms with Crippen LogP contribution in [0.4, 0.5) is 0 Å². The zero-order chi connectivity index (χ0) is 23.0. The summed E-state index contributed by atoms with van der Waals surface area (Å²) < 4.78 is 0. The summed E-state index contributed by atoms with van der Waals surface area (Å²) in [6, 6.07) is 6.73. The highest BCUT2D eigenvalue weighted by Crippen LogP contribution is 2.20. The molecule has 2 N–H and O–H groups in total. The maximum absolute atomic E-state index is 12.2. The Morgan fingerprint density at radius 2 is 1.50 bits per heavy atom. The average molecular weight is 442 g/mol. The summed E-state index contributed by atoms with van der Waals surface area (Å²) in [4.78, 5) is 18.8. The molecule has 1 aromatic heterocycles. The molecule has 5 heteroatoms. The van der Waals surface area contributed by atoms with E-state index in [1.54, 1.807) is 0 Å². The molecule has 2 rings (SSSR count). The molecule has 0 amide bonds. The van der Waals surface area contributed by atoms with Crippen molar-refractivity contribution in [2.45, 2.75) is 109 Å². The van der Waals surface area contributed by atoms with Gasteiger partial charge in [0.1, 0.15) is 6.04 Å². The van der Waals surface area contributed by atoms with Crippen LogP contribution in [-0.4, -0.2) is 28.0 Å². The number of nitrogens with one attached hydrogen (secondary N) is 1. The first-order valence-electron chi connectivity index (χ1n) is 12.6. The van der Waals surface area contributed by atoms with Gasteiger partial charge in [-0.25, -0.2) is 4.79 Å². The van der Waals surface area contributed by atoms with E-state index in [2.05, 4.69) is 16.9 Å². The fourth-order valence-corrected chi connectivity index (χ4v) is 4.23. The molecule has 0 aliphatic rings. The number of carbonyl (C=O) groups is 1. The highest BCUT2D eigenvalue weighted by molar-refractivity contribution is 5.85. The number of nitrogens with zero attached hydrogens (tertiary/aromatic N) is 1. The second-order valence-electron chi connectivity index (χ2n) is 8.93. The van der Waals surface area contributed by atoms with Crippen LogP contribution in [0.5, 0.6) is 0 Å². The topological polar surface area (TPSA) is 88.5 Å². The molecule has 0 aliphatic heterocycles. The third-order valence-corrected chi connectivity index (χ3v) is 6.17. The van der Waals surface area contributed by atoms with Gasteiger partial charge in [0.05, 0.1) is 0 Å². The number of H-pyrrole nitrogens is 1. The van der Waals surface area contributed by atoms with E-state index in [4.69, 9.17) is 0 Å². The number of benzene rings is 1. The number of aromatic amines is 1. The zero-order valence-electron chi connectivity index (χ0n) is 19.8. The number of aliphatic imine (C=N–C) groups is 1. The van der Waals surface area contributed by atoms with Crippen LogP contribution in [0, 0.1) is 0 Å². The third-order valence-electron chi connectivity index (χ3n) is 6.17. The molecule has 1 atom stereocenters. The first kappa shape index (κ1) is 26.0. The molecule has 5 nitrogen and oxygen atoms in total. The molecule has 0 spiro atoms. The molecule has 0 saturated heterocycles. The highest BCUT2D eigenvalue weighted by atomic mass is 16.4. The standard InChI is InChI=1S/C27H42N2O3/c1-2-3-4-5-6-7-8-9-10-11-12-13-14-19-26(30)29-25(27(31)32)20-22-21-28-24-18-16-15-17-23(22)24/h15-18,21,25,28H,2-14,19-20H2,1H3,(H,29,30)(H,31,32)/p-1/t25-/m0/s1. The van der Waals surface area contributed by atoms with Crippen LogP contribution in [-0.2, 0) is 11.2 Å². The monoisotopic (exact) mass is 441 g/mol. The molecule has 32 heavy (non-hydrogen) atoms. The van der Waals surface area contributed by atoms with Crippen molar-refractivity contribution in [3.05, 3.63) is 36.0 Å². The number of fused-ring (bicyclic) bond motifs is 1. The number of hydrogen-bond donors (Lipinski definition) is 2. The maximum atomic E-state index is 12.2. The van der Waals surface area contributed by atoms with Crippen LogP contribution in [0.3, 0.4) is 0 Å². The number of carboxylic acids is 1. The van der Waals surface area contributed by atoms with Gasteiger partial charge in [-0.2, -0.15) is 0 Å². The molecular formula is C27H41N2O3-. The average Bonchev–Trinajstić information content (AvgIpc) is 3.19. The van der Waals surface area contributed by atoms with Crippen LogP contribution in [0.25, 0.3) is 10.9 Å². The van der Waals surface area contributed by atoms with Crippen molar-refractivity contribution in [2.75, 3.05) is 0 Å². The summed E-state index contributed by atoms with van der Waals surface area (Å²) >= 11 is 0. The third kappa shape index (κ3) is 9.88. The zero-order valence-corrected chi connectivity index (χ0v) is 19.8. The van der Waals surface area contributed by atoms with E-state index in [9.17, 15) is 15.0 Å². The van der Waals surface area contributed by atoms with Crippen molar-refractivity contribution in [1.82, 2.24) is 4.98 Å². The summed E-state index contributed by atoms with van der Waals surface area (Å²) in [5.74, 6) is -1.34. The Labute approximate surface area is 193 Å². The largest absolute Gasteiger partial charge is 0.862 e. The van der Waals surface area contributed by atoms with E-state index >= 15 is 0 Å². The van der Waals surface area contributed by atoms with Crippen LogP contribution in [0.1, 0.15) is 102 Å². The van der Waals surface area contributed by atoms with Gasteiger partial charge in [0, 0.05) is 23.5 Å². The fourth-order valence-electron chi connectivity index (χ4n) is 4.23. The summed E-state index contributed by atoms with van der Waals surface area (Å²) in [5.41, 5.74) is 1.84. The summed E-state index contributed by atoms with van der Waals surface area (Å²) in [6.07, 6.45) is 18.7. The molecule has 0 aliphatic carbocycles. The number of hydrogen-bond acceptors (Lipinski definition) is 3. The predicted molar refractivity (Wildman–Crippen MR) is 131 cm³/mol. The Bertz CT molecular complexity index is 812. The van der Waals surface area contributed by atoms with Gasteiger partial charge in [0.2, 0.25) is 0 Å². The van der Waals surface area contributed by atoms with E-state index in [0.29, 0.717) is 6.42 Å². The molecule has 1 aromatic carbocycles. The molecule has 0 saturated carbocycles. The van der Waals surface area contributed by atoms with Crippen molar-refractivity contribution >= 4 is 22.8 Å². The first-order chi connectivity index (χ1) is 15.6. The fraction of sp³-hybridized carbons (Fsp3) is 0.630. The predicted octanol–water partition coefficient (Wildman–Crippen LogP) is 6.40. The number of aromatic nitrogens is 1. The van der Waals surface area contributed by atoms with Crippen molar-refractivity contribution in [3.8, 4) is 0 Å². The Hall–Kier alpha value is -2.30. The van der Waals surface area contributed by atoms with Gasteiger partial charge in [0.25, 0.3) is 0 Å². The summed E-state index contributed by atoms with van der Waals surface area (Å²) in [7, 11) is 0. The molecule has 1 heterocycles. The minimum atomic E-state index is -1.05. The molecule has 0 bridgehead atoms. The normalized spacial score (nSPS) is 13.0. The molecule has 0 radical (unpaired) electrons. The lowest BCUT2D eigenvalue weighted by Crippen LogP contribution is -2.27. The van der Waals surface area contributed by atoms with E-state index < -0.39 is 12.0 Å². The van der Waals surface area contributed by atoms with Gasteiger partial charge in [-0.3, -0.25) is 4.99 Å². The molecule has 178 valence electrons. The van der Waals surface area contributed by atoms with Gasteiger partial charge in [-0.15, -0.1) is 0 Å². The van der Waals surface area contributed by atoms with Crippen LogP contribution in [0.15, 0.2) is 35.5 Å². The van der Waals surface area contributed by atoms with Crippen LogP contribution in [0.2, 0.25) is 0 Å². The highest BCUT2D eigenvalue weighted by Gasteiger charge is 2.18. The number of para-hydroxylation sites is 1. The molecule has 0 fully saturated rings. The smallest absolute Gasteiger partial charge is 0.328 e. The van der Waals surface area contributed by atoms with E-state index in [1.807, 2.05) is 30.5 Å². The Kier molecular flexibility index (Phi) is 12.6. The molecular weight excluding hydrogens is 400 g/mol. The molecule has 2 aromatic rings. The summed E-state index contributed by atoms with van der Waals surface area (Å²) in [6.45, 7) is 2.25. The van der Waals surface area contributed by atoms with Gasteiger partial charge in [-0.1, -0.05) is 102 Å². The van der Waals surface area contributed by atoms with Crippen LogP contribution >= 0.6 is 0 Å². The van der Waals surface area contributed by atoms with Gasteiger partial charge in [0.15, 0.2) is 0 Å². The minimum absolute atomic E-state index is 0.226. The van der Waals surface area contributed by atoms with Crippen molar-refractivity contribution in [2.24, 2.45) is 4.99 Å². The van der Waals surface area contributed by atoms with Crippen molar-refractivity contribution in [1.29, 1.82) is 0 Å². The lowest BCUT2D eigenvalue weighted by molar-refractivity contribution is -0.219. The number of aliphatic carboxylic acids is 1.